The number of hydrogen-bond acceptors (Lipinski definition) is 20. The van der Waals surface area contributed by atoms with Gasteiger partial charge in [-0.25, -0.2) is 10.4 Å². The van der Waals surface area contributed by atoms with Crippen molar-refractivity contribution in [1.29, 1.82) is 0 Å². The van der Waals surface area contributed by atoms with Crippen molar-refractivity contribution >= 4 is 93.3 Å². The summed E-state index contributed by atoms with van der Waals surface area (Å²) in [5.41, 5.74) is 5.22. The van der Waals surface area contributed by atoms with Crippen molar-refractivity contribution in [2.45, 2.75) is 261 Å². The highest BCUT2D eigenvalue weighted by molar-refractivity contribution is 5.94. The van der Waals surface area contributed by atoms with Crippen LogP contribution in [0.5, 0.6) is 0 Å². The van der Waals surface area contributed by atoms with Gasteiger partial charge >= 0.3 is 35.8 Å². The van der Waals surface area contributed by atoms with E-state index < -0.39 is 112 Å². The Balaban J connectivity index is 0.000000356. The maximum atomic E-state index is 13.3. The van der Waals surface area contributed by atoms with Gasteiger partial charge in [0.2, 0.25) is 11.8 Å². The summed E-state index contributed by atoms with van der Waals surface area (Å²) in [5, 5.41) is 30.3. The number of ketones is 1. The predicted molar refractivity (Wildman–Crippen MR) is 385 cm³/mol. The molecule has 3 amide bonds. The van der Waals surface area contributed by atoms with E-state index in [9.17, 15) is 53.1 Å². The molecule has 2 aromatic carbocycles. The van der Waals surface area contributed by atoms with Crippen molar-refractivity contribution in [3.05, 3.63) is 95.3 Å². The Bertz CT molecular complexity index is 3590. The van der Waals surface area contributed by atoms with Crippen LogP contribution in [0.15, 0.2) is 72.8 Å². The monoisotopic (exact) mass is 1410 g/mol. The van der Waals surface area contributed by atoms with E-state index >= 15 is 0 Å². The van der Waals surface area contributed by atoms with E-state index in [1.807, 2.05) is 136 Å². The average molecular weight is 1410 g/mol. The van der Waals surface area contributed by atoms with Gasteiger partial charge in [-0.1, -0.05) is 88.4 Å². The van der Waals surface area contributed by atoms with Gasteiger partial charge in [0, 0.05) is 17.3 Å². The van der Waals surface area contributed by atoms with Crippen LogP contribution in [-0.2, 0) is 71.6 Å². The highest BCUT2D eigenvalue weighted by Gasteiger charge is 2.37. The van der Waals surface area contributed by atoms with E-state index in [0.29, 0.717) is 55.6 Å². The average Bonchev–Trinajstić information content (AvgIpc) is 0.831. The number of amides is 3. The Kier molecular flexibility index (Phi) is 31.9. The van der Waals surface area contributed by atoms with Crippen LogP contribution in [0.25, 0.3) is 34.0 Å². The molecule has 1 unspecified atom stereocenters. The number of hydrazine groups is 1. The molecule has 0 bridgehead atoms. The van der Waals surface area contributed by atoms with Crippen molar-refractivity contribution in [3.63, 3.8) is 0 Å². The number of Topliss-reactive ketones (excluding diaryl/α,β-unsaturated/α-hetero) is 1. The second-order valence-corrected chi connectivity index (χ2v) is 30.5. The van der Waals surface area contributed by atoms with Crippen LogP contribution in [0, 0.1) is 23.7 Å². The van der Waals surface area contributed by atoms with E-state index in [2.05, 4.69) is 26.4 Å². The molecule has 9 atom stereocenters. The van der Waals surface area contributed by atoms with Gasteiger partial charge in [-0.05, 0) is 190 Å². The van der Waals surface area contributed by atoms with Crippen molar-refractivity contribution in [2.24, 2.45) is 23.7 Å². The molecule has 4 heterocycles. The Hall–Kier alpha value is -8.48. The lowest BCUT2D eigenvalue weighted by atomic mass is 9.90. The molecule has 6 rings (SSSR count). The van der Waals surface area contributed by atoms with Gasteiger partial charge in [-0.2, -0.15) is 0 Å². The fourth-order valence-electron chi connectivity index (χ4n) is 10.8. The van der Waals surface area contributed by atoms with Gasteiger partial charge in [0.05, 0.1) is 78.1 Å². The number of carbonyl (C=O) groups excluding carboxylic acids is 9. The summed E-state index contributed by atoms with van der Waals surface area (Å²) in [6.07, 6.45) is 8.87. The topological polar surface area (TPSA) is 334 Å². The molecule has 6 N–H and O–H groups in total. The second-order valence-electron chi connectivity index (χ2n) is 30.5. The molecule has 2 fully saturated rings. The summed E-state index contributed by atoms with van der Waals surface area (Å²) < 4.78 is 27.1. The number of fused-ring (bicyclic) bond motifs is 2. The zero-order valence-corrected chi connectivity index (χ0v) is 62.9. The summed E-state index contributed by atoms with van der Waals surface area (Å²) in [7, 11) is 0. The molecule has 24 heteroatoms. The maximum Gasteiger partial charge on any atom is 0.325 e. The third-order valence-electron chi connectivity index (χ3n) is 15.8. The molecule has 2 aliphatic rings. The standard InChI is InChI=1S/C38H54N4O8.C20H34N2O6.C19H23NO3/c1-23(2)28(22-33(44)50-38(8,9)10)34(45)39-24(3)35(46)42-20-12-14-30(41-42)36(47)48-25(4)29-19-18-27-17-16-26(21-31(27)40-29)13-11-15-32(43)49-37(5,6)7;1-11(2)13(10-16(23)28-20(4,5)6)18(25)21-12(3)17(24)14-8-7-9-15(22-14)19(26)27;1-13(21)16-11-10-15-9-8-14(12-17(15)20-16)6-5-7-18(22)23-19(2,3)4/h11,13,16-19,21,23-25,28,30,41H,12,14-15,20,22H2,1-10H3,(H,39,45);11-15,22H,7-10H2,1-6H3,(H,21,25)(H,26,27);5-6,8-13,21H,7H2,1-4H3/b13-11+;;6-5+/t24-,25+,28-,30-;12-,13-,14?,15-;13-/m001/s1. The summed E-state index contributed by atoms with van der Waals surface area (Å²) in [6.45, 7) is 35.9. The van der Waals surface area contributed by atoms with E-state index in [0.717, 1.165) is 27.4 Å². The third-order valence-corrected chi connectivity index (χ3v) is 15.8. The fraction of sp³-hybridized carbons (Fsp3) is 0.584. The molecule has 0 radical (unpaired) electrons. The van der Waals surface area contributed by atoms with Crippen LogP contribution in [0.1, 0.15) is 231 Å². The Morgan fingerprint density at radius 3 is 1.39 bits per heavy atom. The number of nitrogens with zero attached hydrogens (tertiary/aromatic N) is 3. The van der Waals surface area contributed by atoms with Crippen LogP contribution in [-0.4, -0.2) is 144 Å². The first-order valence-corrected chi connectivity index (χ1v) is 34.9. The normalized spacial score (nSPS) is 17.8. The summed E-state index contributed by atoms with van der Waals surface area (Å²) in [6, 6.07) is 15.3. The van der Waals surface area contributed by atoms with Crippen LogP contribution < -0.4 is 21.4 Å². The molecule has 4 aromatic rings. The SMILES string of the molecule is CC(C)[C@H](CC(=O)OC(C)(C)C)C(=O)N[C@@H](C)C(=O)C1CCC[C@@H](C(=O)O)N1.CC(C)[C@H](CC(=O)OC(C)(C)C)C(=O)N[C@@H](C)C(=O)N1CCC[C@@H](C(=O)O[C@H](C)c2ccc3ccc(/C=C/CC(=O)OC(C)(C)C)cc3n2)N1.C[C@@H](O)c1ccc2ccc(/C=C/CC(=O)OC(C)(C)C)cc2n1. The second kappa shape index (κ2) is 38.0. The predicted octanol–water partition coefficient (Wildman–Crippen LogP) is 11.3. The fourth-order valence-corrected chi connectivity index (χ4v) is 10.8. The van der Waals surface area contributed by atoms with Gasteiger partial charge in [-0.3, -0.25) is 63.3 Å². The molecule has 0 aliphatic carbocycles. The van der Waals surface area contributed by atoms with Gasteiger partial charge in [0.25, 0.3) is 5.91 Å². The van der Waals surface area contributed by atoms with E-state index in [1.165, 1.54) is 5.01 Å². The van der Waals surface area contributed by atoms with E-state index in [1.54, 1.807) is 87.5 Å². The number of hydrogen-bond donors (Lipinski definition) is 6. The maximum absolute atomic E-state index is 13.3. The minimum absolute atomic E-state index is 0.0650. The number of aliphatic hydroxyl groups excluding tert-OH is 1. The highest BCUT2D eigenvalue weighted by Crippen LogP contribution is 2.26. The molecule has 0 saturated carbocycles. The largest absolute Gasteiger partial charge is 0.480 e. The van der Waals surface area contributed by atoms with E-state index in [4.69, 9.17) is 33.8 Å². The minimum atomic E-state index is -0.980. The molecule has 24 nitrogen and oxygen atoms in total. The first-order valence-electron chi connectivity index (χ1n) is 34.9. The number of aromatic nitrogens is 2. The number of carboxylic acids is 1. The number of carboxylic acid groups (broad SMARTS) is 1. The van der Waals surface area contributed by atoms with Crippen LogP contribution >= 0.6 is 0 Å². The lowest BCUT2D eigenvalue weighted by molar-refractivity contribution is -0.159. The van der Waals surface area contributed by atoms with Crippen molar-refractivity contribution in [3.8, 4) is 0 Å². The molecule has 0 spiro atoms. The van der Waals surface area contributed by atoms with Crippen LogP contribution in [0.2, 0.25) is 0 Å². The molecular weight excluding hydrogens is 1290 g/mol. The Morgan fingerprint density at radius 1 is 0.545 bits per heavy atom. The summed E-state index contributed by atoms with van der Waals surface area (Å²) in [4.78, 5) is 134. The number of esters is 5. The molecule has 101 heavy (non-hydrogen) atoms. The highest BCUT2D eigenvalue weighted by atomic mass is 16.6. The molecule has 2 aromatic heterocycles. The third kappa shape index (κ3) is 30.3. The number of aliphatic hydroxyl groups is 1. The number of benzene rings is 2. The Morgan fingerprint density at radius 2 is 0.950 bits per heavy atom. The molecule has 2 saturated heterocycles. The van der Waals surface area contributed by atoms with Crippen molar-refractivity contribution < 1.29 is 81.8 Å². The van der Waals surface area contributed by atoms with Crippen molar-refractivity contribution in [2.75, 3.05) is 6.54 Å². The molecular formula is C77H111N7O17. The first kappa shape index (κ1) is 84.9. The van der Waals surface area contributed by atoms with Gasteiger partial charge in [-0.15, -0.1) is 0 Å². The number of piperidine rings is 1. The lowest BCUT2D eigenvalue weighted by Crippen LogP contribution is -2.59. The first-order chi connectivity index (χ1) is 46.8. The van der Waals surface area contributed by atoms with Crippen LogP contribution in [0.4, 0.5) is 0 Å². The number of pyridine rings is 2. The number of ether oxygens (including phenoxy) is 5. The number of aliphatic carboxylic acids is 1. The van der Waals surface area contributed by atoms with E-state index in [-0.39, 0.29) is 61.1 Å². The van der Waals surface area contributed by atoms with Gasteiger partial charge < -0.3 is 44.5 Å². The quantitative estimate of drug-likeness (QED) is 0.0280. The minimum Gasteiger partial charge on any atom is -0.480 e. The number of carbonyl (C=O) groups is 10. The zero-order chi connectivity index (χ0) is 76.1. The zero-order valence-electron chi connectivity index (χ0n) is 62.9. The Labute approximate surface area is 595 Å². The number of rotatable bonds is 24. The molecule has 2 aliphatic heterocycles. The number of nitrogens with one attached hydrogen (secondary N) is 4. The van der Waals surface area contributed by atoms with Gasteiger partial charge in [0.1, 0.15) is 46.6 Å². The van der Waals surface area contributed by atoms with Crippen LogP contribution in [0.3, 0.4) is 0 Å². The smallest absolute Gasteiger partial charge is 0.325 e. The van der Waals surface area contributed by atoms with Gasteiger partial charge in [0.15, 0.2) is 5.78 Å². The lowest BCUT2D eigenvalue weighted by Gasteiger charge is -2.35. The summed E-state index contributed by atoms with van der Waals surface area (Å²) in [5.74, 6) is -6.01. The van der Waals surface area contributed by atoms with Crippen molar-refractivity contribution in [1.82, 2.24) is 36.4 Å². The summed E-state index contributed by atoms with van der Waals surface area (Å²) >= 11 is 0. The molecule has 556 valence electrons.